The lowest BCUT2D eigenvalue weighted by molar-refractivity contribution is -0.122. The topological polar surface area (TPSA) is 64.0 Å². The van der Waals surface area contributed by atoms with Gasteiger partial charge >= 0.3 is 0 Å². The molecule has 5 nitrogen and oxygen atoms in total. The third-order valence-corrected chi connectivity index (χ3v) is 5.04. The van der Waals surface area contributed by atoms with Gasteiger partial charge in [0, 0.05) is 18.1 Å². The van der Waals surface area contributed by atoms with Crippen LogP contribution in [-0.4, -0.2) is 15.7 Å². The van der Waals surface area contributed by atoms with Crippen molar-refractivity contribution in [1.82, 2.24) is 15.1 Å². The molecule has 0 aliphatic carbocycles. The average molecular weight is 407 g/mol. The monoisotopic (exact) mass is 407 g/mol. The lowest BCUT2D eigenvalue weighted by Gasteiger charge is -2.14. The number of hydrogen-bond donors (Lipinski definition) is 1. The quantitative estimate of drug-likeness (QED) is 0.630. The van der Waals surface area contributed by atoms with Crippen LogP contribution >= 0.6 is 0 Å². The number of rotatable bonds is 7. The summed E-state index contributed by atoms with van der Waals surface area (Å²) in [5, 5.41) is 7.28. The fourth-order valence-electron chi connectivity index (χ4n) is 3.16. The molecule has 0 spiro atoms. The van der Waals surface area contributed by atoms with Crippen LogP contribution in [0.5, 0.6) is 0 Å². The zero-order valence-electron chi connectivity index (χ0n) is 17.4. The summed E-state index contributed by atoms with van der Waals surface area (Å²) in [6, 6.07) is 17.0. The standard InChI is InChI=1S/C24H26FN3O2/c1-16(2)18-4-6-20(7-5-18)22-12-13-24(30)28(27-22)15-14-23(29)26-17(3)19-8-10-21(25)11-9-19/h4-13,16-17H,14-15H2,1-3H3,(H,26,29). The van der Waals surface area contributed by atoms with Crippen LogP contribution in [-0.2, 0) is 11.3 Å². The first-order chi connectivity index (χ1) is 14.3. The maximum Gasteiger partial charge on any atom is 0.266 e. The van der Waals surface area contributed by atoms with Gasteiger partial charge in [0.25, 0.3) is 5.56 Å². The number of nitrogens with zero attached hydrogens (tertiary/aromatic N) is 2. The Morgan fingerprint density at radius 1 is 0.967 bits per heavy atom. The Labute approximate surface area is 175 Å². The molecule has 0 radical (unpaired) electrons. The largest absolute Gasteiger partial charge is 0.350 e. The Balaban J connectivity index is 1.64. The third-order valence-electron chi connectivity index (χ3n) is 5.04. The number of aryl methyl sites for hydroxylation is 1. The first-order valence-electron chi connectivity index (χ1n) is 10.1. The highest BCUT2D eigenvalue weighted by molar-refractivity contribution is 5.76. The summed E-state index contributed by atoms with van der Waals surface area (Å²) in [7, 11) is 0. The van der Waals surface area contributed by atoms with E-state index in [1.807, 2.05) is 19.1 Å². The maximum absolute atomic E-state index is 13.0. The summed E-state index contributed by atoms with van der Waals surface area (Å²) < 4.78 is 14.4. The molecule has 3 rings (SSSR count). The second-order valence-electron chi connectivity index (χ2n) is 7.65. The normalized spacial score (nSPS) is 12.0. The van der Waals surface area contributed by atoms with Crippen LogP contribution in [0.25, 0.3) is 11.3 Å². The molecule has 3 aromatic rings. The van der Waals surface area contributed by atoms with Gasteiger partial charge in [-0.2, -0.15) is 5.10 Å². The van der Waals surface area contributed by atoms with E-state index in [-0.39, 0.29) is 36.3 Å². The Kier molecular flexibility index (Phi) is 6.77. The van der Waals surface area contributed by atoms with Crippen molar-refractivity contribution in [2.45, 2.75) is 45.7 Å². The Morgan fingerprint density at radius 2 is 1.60 bits per heavy atom. The molecule has 156 valence electrons. The van der Waals surface area contributed by atoms with Gasteiger partial charge in [-0.3, -0.25) is 9.59 Å². The molecule has 1 atom stereocenters. The van der Waals surface area contributed by atoms with Crippen molar-refractivity contribution in [2.75, 3.05) is 0 Å². The predicted molar refractivity (Wildman–Crippen MR) is 116 cm³/mol. The zero-order chi connectivity index (χ0) is 21.7. The van der Waals surface area contributed by atoms with E-state index < -0.39 is 0 Å². The van der Waals surface area contributed by atoms with Crippen LogP contribution in [0.15, 0.2) is 65.5 Å². The number of benzene rings is 2. The van der Waals surface area contributed by atoms with Gasteiger partial charge in [-0.15, -0.1) is 0 Å². The SMILES string of the molecule is CC(C)c1ccc(-c2ccc(=O)n(CCC(=O)NC(C)c3ccc(F)cc3)n2)cc1. The number of nitrogens with one attached hydrogen (secondary N) is 1. The van der Waals surface area contributed by atoms with Gasteiger partial charge in [0.1, 0.15) is 5.82 Å². The van der Waals surface area contributed by atoms with Gasteiger partial charge < -0.3 is 5.32 Å². The van der Waals surface area contributed by atoms with E-state index >= 15 is 0 Å². The van der Waals surface area contributed by atoms with Crippen LogP contribution < -0.4 is 10.9 Å². The summed E-state index contributed by atoms with van der Waals surface area (Å²) in [4.78, 5) is 24.5. The van der Waals surface area contributed by atoms with Gasteiger partial charge in [0.05, 0.1) is 18.3 Å². The number of carbonyl (C=O) groups excluding carboxylic acids is 1. The van der Waals surface area contributed by atoms with Crippen LogP contribution in [0, 0.1) is 5.82 Å². The predicted octanol–water partition coefficient (Wildman–Crippen LogP) is 4.44. The van der Waals surface area contributed by atoms with Crippen LogP contribution in [0.4, 0.5) is 4.39 Å². The van der Waals surface area contributed by atoms with E-state index in [1.54, 1.807) is 18.2 Å². The van der Waals surface area contributed by atoms with Crippen LogP contribution in [0.1, 0.15) is 50.3 Å². The molecule has 1 aromatic heterocycles. The van der Waals surface area contributed by atoms with Gasteiger partial charge in [-0.25, -0.2) is 9.07 Å². The van der Waals surface area contributed by atoms with Crippen molar-refractivity contribution in [3.05, 3.63) is 88.0 Å². The number of hydrogen-bond acceptors (Lipinski definition) is 3. The molecule has 0 aliphatic rings. The van der Waals surface area contributed by atoms with Crippen molar-refractivity contribution in [2.24, 2.45) is 0 Å². The molecule has 1 unspecified atom stereocenters. The van der Waals surface area contributed by atoms with E-state index in [2.05, 4.69) is 36.4 Å². The molecule has 1 N–H and O–H groups in total. The summed E-state index contributed by atoms with van der Waals surface area (Å²) in [5.74, 6) is -0.0783. The minimum Gasteiger partial charge on any atom is -0.350 e. The molecule has 2 aromatic carbocycles. The van der Waals surface area contributed by atoms with E-state index in [9.17, 15) is 14.0 Å². The molecule has 1 amide bonds. The van der Waals surface area contributed by atoms with Gasteiger partial charge in [0.2, 0.25) is 5.91 Å². The fraction of sp³-hybridized carbons (Fsp3) is 0.292. The summed E-state index contributed by atoms with van der Waals surface area (Å²) >= 11 is 0. The number of aromatic nitrogens is 2. The van der Waals surface area contributed by atoms with Crippen LogP contribution in [0.3, 0.4) is 0 Å². The lowest BCUT2D eigenvalue weighted by Crippen LogP contribution is -2.30. The molecular weight excluding hydrogens is 381 g/mol. The minimum atomic E-state index is -0.318. The van der Waals surface area contributed by atoms with E-state index in [1.165, 1.54) is 28.4 Å². The second kappa shape index (κ2) is 9.48. The first-order valence-corrected chi connectivity index (χ1v) is 10.1. The minimum absolute atomic E-state index is 0.119. The number of amides is 1. The fourth-order valence-corrected chi connectivity index (χ4v) is 3.16. The summed E-state index contributed by atoms with van der Waals surface area (Å²) in [6.45, 7) is 6.28. The summed E-state index contributed by atoms with van der Waals surface area (Å²) in [6.07, 6.45) is 0.119. The molecule has 1 heterocycles. The van der Waals surface area contributed by atoms with Crippen molar-refractivity contribution in [3.8, 4) is 11.3 Å². The van der Waals surface area contributed by atoms with E-state index in [0.717, 1.165) is 11.1 Å². The molecular formula is C24H26FN3O2. The molecule has 0 saturated carbocycles. The third kappa shape index (κ3) is 5.41. The highest BCUT2D eigenvalue weighted by atomic mass is 19.1. The van der Waals surface area contributed by atoms with Gasteiger partial charge in [-0.1, -0.05) is 50.2 Å². The molecule has 30 heavy (non-hydrogen) atoms. The smallest absolute Gasteiger partial charge is 0.266 e. The Hall–Kier alpha value is -3.28. The highest BCUT2D eigenvalue weighted by Crippen LogP contribution is 2.20. The Bertz CT molecular complexity index is 1060. The zero-order valence-corrected chi connectivity index (χ0v) is 17.4. The average Bonchev–Trinajstić information content (AvgIpc) is 2.73. The van der Waals surface area contributed by atoms with Gasteiger partial charge in [0.15, 0.2) is 0 Å². The molecule has 0 saturated heterocycles. The Morgan fingerprint density at radius 3 is 2.23 bits per heavy atom. The second-order valence-corrected chi connectivity index (χ2v) is 7.65. The van der Waals surface area contributed by atoms with Crippen molar-refractivity contribution < 1.29 is 9.18 Å². The molecule has 6 heteroatoms. The first kappa shape index (κ1) is 21.4. The lowest BCUT2D eigenvalue weighted by atomic mass is 10.0. The maximum atomic E-state index is 13.0. The number of carbonyl (C=O) groups is 1. The van der Waals surface area contributed by atoms with E-state index in [0.29, 0.717) is 11.6 Å². The van der Waals surface area contributed by atoms with E-state index in [4.69, 9.17) is 0 Å². The molecule has 0 bridgehead atoms. The number of halogens is 1. The summed E-state index contributed by atoms with van der Waals surface area (Å²) in [5.41, 5.74) is 3.40. The van der Waals surface area contributed by atoms with Crippen LogP contribution in [0.2, 0.25) is 0 Å². The highest BCUT2D eigenvalue weighted by Gasteiger charge is 2.11. The molecule has 0 aliphatic heterocycles. The van der Waals surface area contributed by atoms with Crippen molar-refractivity contribution >= 4 is 5.91 Å². The van der Waals surface area contributed by atoms with Crippen molar-refractivity contribution in [3.63, 3.8) is 0 Å². The molecule has 0 fully saturated rings. The van der Waals surface area contributed by atoms with Gasteiger partial charge in [-0.05, 0) is 42.2 Å². The van der Waals surface area contributed by atoms with Crippen molar-refractivity contribution in [1.29, 1.82) is 0 Å².